The lowest BCUT2D eigenvalue weighted by molar-refractivity contribution is 1.06. The van der Waals surface area contributed by atoms with E-state index in [0.717, 1.165) is 24.2 Å². The molecule has 0 aromatic carbocycles. The first-order valence-corrected chi connectivity index (χ1v) is 9.14. The molecular formula is C19H38N2OS. The zero-order chi connectivity index (χ0) is 19.1. The van der Waals surface area contributed by atoms with Gasteiger partial charge in [-0.05, 0) is 31.1 Å². The van der Waals surface area contributed by atoms with E-state index in [4.69, 9.17) is 0 Å². The third-order valence-corrected chi connectivity index (χ3v) is 1.84. The largest absolute Gasteiger partial charge is 0.307 e. The molecule has 0 spiro atoms. The van der Waals surface area contributed by atoms with Crippen molar-refractivity contribution in [3.63, 3.8) is 0 Å². The average Bonchev–Trinajstić information content (AvgIpc) is 2.59. The van der Waals surface area contributed by atoms with Gasteiger partial charge >= 0.3 is 0 Å². The highest BCUT2D eigenvalue weighted by Crippen LogP contribution is 2.05. The Bertz CT molecular complexity index is 412. The first-order chi connectivity index (χ1) is 11.1. The van der Waals surface area contributed by atoms with Gasteiger partial charge in [-0.3, -0.25) is 4.79 Å². The number of rotatable bonds is 3. The average molecular weight is 343 g/mol. The van der Waals surface area contributed by atoms with Crippen LogP contribution in [0.2, 0.25) is 0 Å². The molecule has 136 valence electrons. The molecule has 1 N–H and O–H groups in total. The van der Waals surface area contributed by atoms with E-state index in [1.807, 2.05) is 60.6 Å². The van der Waals surface area contributed by atoms with Crippen LogP contribution in [0.15, 0.2) is 35.8 Å². The van der Waals surface area contributed by atoms with Crippen LogP contribution in [0.1, 0.15) is 74.1 Å². The number of H-pyrrole nitrogens is 1. The van der Waals surface area contributed by atoms with Crippen LogP contribution >= 0.6 is 12.6 Å². The van der Waals surface area contributed by atoms with Crippen LogP contribution in [0.4, 0.5) is 0 Å². The molecule has 3 nitrogen and oxygen atoms in total. The van der Waals surface area contributed by atoms with Crippen molar-refractivity contribution in [3.8, 4) is 0 Å². The second-order valence-corrected chi connectivity index (χ2v) is 4.22. The minimum atomic E-state index is -0.108. The van der Waals surface area contributed by atoms with E-state index < -0.39 is 0 Å². The molecule has 1 aromatic heterocycles. The zero-order valence-corrected chi connectivity index (χ0v) is 17.3. The van der Waals surface area contributed by atoms with Crippen molar-refractivity contribution in [1.29, 1.82) is 0 Å². The minimum Gasteiger partial charge on any atom is -0.307 e. The van der Waals surface area contributed by atoms with Crippen LogP contribution < -0.4 is 5.56 Å². The van der Waals surface area contributed by atoms with Crippen molar-refractivity contribution in [2.24, 2.45) is 0 Å². The van der Waals surface area contributed by atoms with Crippen LogP contribution in [0, 0.1) is 0 Å². The molecule has 0 aliphatic rings. The molecule has 1 rings (SSSR count). The van der Waals surface area contributed by atoms with Gasteiger partial charge in [0.15, 0.2) is 0 Å². The van der Waals surface area contributed by atoms with Gasteiger partial charge in [0, 0.05) is 12.3 Å². The molecule has 0 bridgehead atoms. The third-order valence-electron chi connectivity index (χ3n) is 1.84. The van der Waals surface area contributed by atoms with Crippen LogP contribution in [0.5, 0.6) is 0 Å². The number of aromatic nitrogens is 2. The molecular weight excluding hydrogens is 304 g/mol. The first kappa shape index (κ1) is 29.7. The van der Waals surface area contributed by atoms with E-state index in [9.17, 15) is 4.79 Å². The van der Waals surface area contributed by atoms with E-state index in [1.54, 1.807) is 0 Å². The predicted molar refractivity (Wildman–Crippen MR) is 112 cm³/mol. The second kappa shape index (κ2) is 28.8. The van der Waals surface area contributed by atoms with E-state index in [0.29, 0.717) is 5.82 Å². The monoisotopic (exact) mass is 342 g/mol. The Kier molecular flexibility index (Phi) is 37.2. The van der Waals surface area contributed by atoms with E-state index >= 15 is 0 Å². The third kappa shape index (κ3) is 26.0. The molecule has 1 heterocycles. The Balaban J connectivity index is -0.000000137. The summed E-state index contributed by atoms with van der Waals surface area (Å²) in [4.78, 5) is 17.6. The number of hydrogen-bond donors (Lipinski definition) is 2. The fourth-order valence-electron chi connectivity index (χ4n) is 0.973. The molecule has 0 fully saturated rings. The summed E-state index contributed by atoms with van der Waals surface area (Å²) in [5.41, 5.74) is 0.902. The molecule has 0 aliphatic carbocycles. The summed E-state index contributed by atoms with van der Waals surface area (Å²) >= 11 is 3.79. The number of nitrogens with one attached hydrogen (secondary N) is 1. The van der Waals surface area contributed by atoms with Gasteiger partial charge in [0.1, 0.15) is 5.82 Å². The lowest BCUT2D eigenvalue weighted by atomic mass is 10.2. The number of allylic oxidation sites excluding steroid dienone is 3. The van der Waals surface area contributed by atoms with Gasteiger partial charge in [0.25, 0.3) is 5.56 Å². The number of hydrogen-bond acceptors (Lipinski definition) is 3. The van der Waals surface area contributed by atoms with Crippen molar-refractivity contribution in [2.45, 2.75) is 68.2 Å². The second-order valence-electron chi connectivity index (χ2n) is 3.59. The molecule has 0 amide bonds. The Morgan fingerprint density at radius 3 is 1.96 bits per heavy atom. The Labute approximate surface area is 149 Å². The topological polar surface area (TPSA) is 45.8 Å². The van der Waals surface area contributed by atoms with Crippen molar-refractivity contribution < 1.29 is 0 Å². The molecule has 0 saturated carbocycles. The van der Waals surface area contributed by atoms with Crippen LogP contribution in [-0.4, -0.2) is 15.7 Å². The normalized spacial score (nSPS) is 8.48. The summed E-state index contributed by atoms with van der Waals surface area (Å²) in [7, 11) is 0. The summed E-state index contributed by atoms with van der Waals surface area (Å²) in [5, 5.41) is 0. The molecule has 0 atom stereocenters. The number of thiol groups is 1. The standard InChI is InChI=1S/C9H12N2O.C4H8.C2H6S.2C2H6/c1-3-4-7(2)9-10-6-5-8(12)11-9;1-3-4-2;1-2-3;2*1-2/h4-6H,3H2,1-2H3,(H,10,11,12);3H,1,4H2,2H3;3H,2H2,1H3;2*1-2H3/b7-4+;;;;. The number of aromatic amines is 1. The fraction of sp³-hybridized carbons (Fsp3) is 0.579. The smallest absolute Gasteiger partial charge is 0.251 e. The molecule has 0 radical (unpaired) electrons. The molecule has 0 unspecified atom stereocenters. The summed E-state index contributed by atoms with van der Waals surface area (Å²) in [6.45, 7) is 19.5. The Morgan fingerprint density at radius 2 is 1.65 bits per heavy atom. The highest BCUT2D eigenvalue weighted by molar-refractivity contribution is 7.80. The lowest BCUT2D eigenvalue weighted by Crippen LogP contribution is -2.07. The predicted octanol–water partition coefficient (Wildman–Crippen LogP) is 6.15. The van der Waals surface area contributed by atoms with Crippen LogP contribution in [0.25, 0.3) is 5.57 Å². The van der Waals surface area contributed by atoms with Crippen LogP contribution in [-0.2, 0) is 0 Å². The number of nitrogens with zero attached hydrogens (tertiary/aromatic N) is 1. The molecule has 23 heavy (non-hydrogen) atoms. The van der Waals surface area contributed by atoms with Gasteiger partial charge < -0.3 is 4.98 Å². The van der Waals surface area contributed by atoms with Gasteiger partial charge in [-0.25, -0.2) is 4.98 Å². The lowest BCUT2D eigenvalue weighted by Gasteiger charge is -1.97. The molecule has 0 saturated heterocycles. The maximum Gasteiger partial charge on any atom is 0.251 e. The SMILES string of the molecule is C=CCC.CC.CC.CC/C=C(\C)c1nccc(=O)[nH]1.CCS. The minimum absolute atomic E-state index is 0.108. The van der Waals surface area contributed by atoms with E-state index in [2.05, 4.69) is 36.1 Å². The van der Waals surface area contributed by atoms with E-state index in [1.165, 1.54) is 12.3 Å². The Morgan fingerprint density at radius 1 is 1.22 bits per heavy atom. The van der Waals surface area contributed by atoms with Gasteiger partial charge in [0.2, 0.25) is 0 Å². The Hall–Kier alpha value is -1.29. The van der Waals surface area contributed by atoms with Gasteiger partial charge in [0.05, 0.1) is 0 Å². The molecule has 4 heteroatoms. The molecule has 0 aliphatic heterocycles. The van der Waals surface area contributed by atoms with Crippen molar-refractivity contribution >= 4 is 18.2 Å². The first-order valence-electron chi connectivity index (χ1n) is 8.51. The molecule has 1 aromatic rings. The quantitative estimate of drug-likeness (QED) is 0.511. The summed E-state index contributed by atoms with van der Waals surface area (Å²) in [5.74, 6) is 1.60. The zero-order valence-electron chi connectivity index (χ0n) is 16.4. The van der Waals surface area contributed by atoms with Crippen molar-refractivity contribution in [2.75, 3.05) is 5.75 Å². The van der Waals surface area contributed by atoms with Gasteiger partial charge in [-0.2, -0.15) is 12.6 Å². The maximum atomic E-state index is 10.9. The highest BCUT2D eigenvalue weighted by atomic mass is 32.1. The van der Waals surface area contributed by atoms with Crippen LogP contribution in [0.3, 0.4) is 0 Å². The summed E-state index contributed by atoms with van der Waals surface area (Å²) in [6.07, 6.45) is 7.45. The van der Waals surface area contributed by atoms with Gasteiger partial charge in [-0.15, -0.1) is 6.58 Å². The maximum absolute atomic E-state index is 10.9. The van der Waals surface area contributed by atoms with Crippen molar-refractivity contribution in [3.05, 3.63) is 47.2 Å². The summed E-state index contributed by atoms with van der Waals surface area (Å²) in [6, 6.07) is 1.41. The van der Waals surface area contributed by atoms with E-state index in [-0.39, 0.29) is 5.56 Å². The fourth-order valence-corrected chi connectivity index (χ4v) is 0.973. The summed E-state index contributed by atoms with van der Waals surface area (Å²) < 4.78 is 0. The van der Waals surface area contributed by atoms with Crippen molar-refractivity contribution in [1.82, 2.24) is 9.97 Å². The highest BCUT2D eigenvalue weighted by Gasteiger charge is 1.95. The van der Waals surface area contributed by atoms with Gasteiger partial charge in [-0.1, -0.05) is 60.6 Å².